The Labute approximate surface area is 190 Å². The Morgan fingerprint density at radius 1 is 1.12 bits per heavy atom. The van der Waals surface area contributed by atoms with E-state index in [1.54, 1.807) is 6.20 Å². The lowest BCUT2D eigenvalue weighted by molar-refractivity contribution is -0.0142. The molecule has 2 aromatic heterocycles. The van der Waals surface area contributed by atoms with Gasteiger partial charge in [0.15, 0.2) is 5.82 Å². The lowest BCUT2D eigenvalue weighted by Crippen LogP contribution is -2.39. The van der Waals surface area contributed by atoms with Crippen LogP contribution in [0.1, 0.15) is 66.9 Å². The van der Waals surface area contributed by atoms with Gasteiger partial charge >= 0.3 is 0 Å². The van der Waals surface area contributed by atoms with E-state index in [-0.39, 0.29) is 11.5 Å². The summed E-state index contributed by atoms with van der Waals surface area (Å²) in [5.74, 6) is 1.57. The number of pyridine rings is 1. The fourth-order valence-electron chi connectivity index (χ4n) is 5.19. The number of benzene rings is 1. The molecule has 1 saturated carbocycles. The SMILES string of the molecule is Cc1ccc(C2(c3noc(CN4CCCC(OCc5cccnc5)C4)n3)CCCC2)cc1. The molecule has 0 N–H and O–H groups in total. The first-order valence-electron chi connectivity index (χ1n) is 11.8. The second kappa shape index (κ2) is 9.51. The molecule has 1 atom stereocenters. The number of ether oxygens (including phenoxy) is 1. The monoisotopic (exact) mass is 432 g/mol. The van der Waals surface area contributed by atoms with E-state index in [1.165, 1.54) is 24.0 Å². The molecule has 6 heteroatoms. The molecule has 1 unspecified atom stereocenters. The summed E-state index contributed by atoms with van der Waals surface area (Å²) in [6.07, 6.45) is 10.7. The third-order valence-corrected chi connectivity index (χ3v) is 6.99. The van der Waals surface area contributed by atoms with Crippen molar-refractivity contribution in [1.29, 1.82) is 0 Å². The average Bonchev–Trinajstić information content (AvgIpc) is 3.50. The van der Waals surface area contributed by atoms with Gasteiger partial charge in [0.1, 0.15) is 0 Å². The molecule has 5 rings (SSSR count). The number of aryl methyl sites for hydroxylation is 1. The van der Waals surface area contributed by atoms with E-state index < -0.39 is 0 Å². The van der Waals surface area contributed by atoms with Crippen molar-refractivity contribution in [2.45, 2.75) is 70.1 Å². The Morgan fingerprint density at radius 2 is 1.97 bits per heavy atom. The number of hydrogen-bond donors (Lipinski definition) is 0. The largest absolute Gasteiger partial charge is 0.372 e. The van der Waals surface area contributed by atoms with Gasteiger partial charge in [-0.1, -0.05) is 53.9 Å². The van der Waals surface area contributed by atoms with E-state index >= 15 is 0 Å². The van der Waals surface area contributed by atoms with Crippen LogP contribution in [0.2, 0.25) is 0 Å². The lowest BCUT2D eigenvalue weighted by atomic mass is 9.78. The molecule has 0 bridgehead atoms. The molecule has 3 heterocycles. The summed E-state index contributed by atoms with van der Waals surface area (Å²) in [4.78, 5) is 11.5. The molecule has 2 fully saturated rings. The van der Waals surface area contributed by atoms with Crippen LogP contribution in [0.25, 0.3) is 0 Å². The molecule has 2 aliphatic rings. The topological polar surface area (TPSA) is 64.3 Å². The fraction of sp³-hybridized carbons (Fsp3) is 0.500. The zero-order valence-electron chi connectivity index (χ0n) is 18.9. The van der Waals surface area contributed by atoms with Crippen molar-refractivity contribution in [3.05, 3.63) is 77.2 Å². The van der Waals surface area contributed by atoms with Crippen LogP contribution in [-0.4, -0.2) is 39.2 Å². The van der Waals surface area contributed by atoms with Crippen molar-refractivity contribution in [1.82, 2.24) is 20.0 Å². The maximum absolute atomic E-state index is 6.16. The molecule has 0 amide bonds. The van der Waals surface area contributed by atoms with Crippen molar-refractivity contribution in [2.24, 2.45) is 0 Å². The Morgan fingerprint density at radius 3 is 2.75 bits per heavy atom. The van der Waals surface area contributed by atoms with Crippen LogP contribution in [0.4, 0.5) is 0 Å². The van der Waals surface area contributed by atoms with Gasteiger partial charge in [0.2, 0.25) is 5.89 Å². The van der Waals surface area contributed by atoms with Gasteiger partial charge in [0, 0.05) is 18.9 Å². The minimum Gasteiger partial charge on any atom is -0.372 e. The zero-order chi connectivity index (χ0) is 21.8. The maximum atomic E-state index is 6.16. The van der Waals surface area contributed by atoms with Crippen LogP contribution >= 0.6 is 0 Å². The van der Waals surface area contributed by atoms with Crippen molar-refractivity contribution in [2.75, 3.05) is 13.1 Å². The van der Waals surface area contributed by atoms with E-state index in [0.29, 0.717) is 19.0 Å². The van der Waals surface area contributed by atoms with E-state index in [9.17, 15) is 0 Å². The lowest BCUT2D eigenvalue weighted by Gasteiger charge is -2.31. The highest BCUT2D eigenvalue weighted by atomic mass is 16.5. The van der Waals surface area contributed by atoms with Crippen LogP contribution in [0.15, 0.2) is 53.3 Å². The van der Waals surface area contributed by atoms with Crippen LogP contribution in [0.5, 0.6) is 0 Å². The fourth-order valence-corrected chi connectivity index (χ4v) is 5.19. The van der Waals surface area contributed by atoms with Crippen molar-refractivity contribution < 1.29 is 9.26 Å². The number of likely N-dealkylation sites (tertiary alicyclic amines) is 1. The summed E-state index contributed by atoms with van der Waals surface area (Å²) in [6.45, 7) is 5.35. The van der Waals surface area contributed by atoms with E-state index in [4.69, 9.17) is 14.2 Å². The smallest absolute Gasteiger partial charge is 0.240 e. The Hall–Kier alpha value is -2.57. The molecule has 6 nitrogen and oxygen atoms in total. The highest BCUT2D eigenvalue weighted by Crippen LogP contribution is 2.45. The second-order valence-electron chi connectivity index (χ2n) is 9.34. The highest BCUT2D eigenvalue weighted by molar-refractivity contribution is 5.35. The van der Waals surface area contributed by atoms with Crippen molar-refractivity contribution in [3.63, 3.8) is 0 Å². The molecule has 0 spiro atoms. The molecular weight excluding hydrogens is 400 g/mol. The number of aromatic nitrogens is 3. The standard InChI is InChI=1S/C26H32N4O2/c1-20-8-10-22(11-9-20)26(12-2-3-13-26)25-28-24(32-29-25)18-30-15-5-7-23(17-30)31-19-21-6-4-14-27-16-21/h4,6,8-11,14,16,23H,2-3,5,7,12-13,15,17-19H2,1H3. The molecule has 3 aromatic rings. The number of piperidine rings is 1. The van der Waals surface area contributed by atoms with Crippen molar-refractivity contribution in [3.8, 4) is 0 Å². The maximum Gasteiger partial charge on any atom is 0.240 e. The Bertz CT molecular complexity index is 996. The summed E-state index contributed by atoms with van der Waals surface area (Å²) in [7, 11) is 0. The second-order valence-corrected chi connectivity index (χ2v) is 9.34. The van der Waals surface area contributed by atoms with Gasteiger partial charge in [0.05, 0.1) is 24.7 Å². The van der Waals surface area contributed by atoms with Gasteiger partial charge in [-0.15, -0.1) is 0 Å². The van der Waals surface area contributed by atoms with E-state index in [1.807, 2.05) is 12.3 Å². The third-order valence-electron chi connectivity index (χ3n) is 6.99. The molecular formula is C26H32N4O2. The minimum atomic E-state index is -0.104. The van der Waals surface area contributed by atoms with Crippen LogP contribution in [0, 0.1) is 6.92 Å². The Balaban J connectivity index is 1.24. The first kappa shape index (κ1) is 21.3. The summed E-state index contributed by atoms with van der Waals surface area (Å²) in [5, 5.41) is 4.48. The summed E-state index contributed by atoms with van der Waals surface area (Å²) >= 11 is 0. The van der Waals surface area contributed by atoms with Gasteiger partial charge in [-0.3, -0.25) is 9.88 Å². The molecule has 168 valence electrons. The number of hydrogen-bond acceptors (Lipinski definition) is 6. The zero-order valence-corrected chi connectivity index (χ0v) is 18.9. The van der Waals surface area contributed by atoms with Gasteiger partial charge in [-0.25, -0.2) is 0 Å². The van der Waals surface area contributed by atoms with Crippen LogP contribution in [-0.2, 0) is 23.3 Å². The predicted molar refractivity (Wildman–Crippen MR) is 122 cm³/mol. The van der Waals surface area contributed by atoms with Gasteiger partial charge in [-0.2, -0.15) is 4.98 Å². The van der Waals surface area contributed by atoms with Crippen LogP contribution < -0.4 is 0 Å². The first-order valence-corrected chi connectivity index (χ1v) is 11.8. The molecule has 1 saturated heterocycles. The summed E-state index contributed by atoms with van der Waals surface area (Å²) in [5.41, 5.74) is 3.60. The predicted octanol–water partition coefficient (Wildman–Crippen LogP) is 4.81. The molecule has 1 aromatic carbocycles. The third kappa shape index (κ3) is 4.62. The van der Waals surface area contributed by atoms with E-state index in [0.717, 1.165) is 50.2 Å². The van der Waals surface area contributed by atoms with Gasteiger partial charge in [0.25, 0.3) is 0 Å². The summed E-state index contributed by atoms with van der Waals surface area (Å²) < 4.78 is 11.9. The van der Waals surface area contributed by atoms with Gasteiger partial charge in [-0.05, 0) is 56.3 Å². The normalized spacial score (nSPS) is 21.1. The minimum absolute atomic E-state index is 0.104. The average molecular weight is 433 g/mol. The highest BCUT2D eigenvalue weighted by Gasteiger charge is 2.41. The Kier molecular flexibility index (Phi) is 6.32. The number of rotatable bonds is 7. The summed E-state index contributed by atoms with van der Waals surface area (Å²) in [6, 6.07) is 12.9. The molecule has 32 heavy (non-hydrogen) atoms. The quantitative estimate of drug-likeness (QED) is 0.534. The first-order chi connectivity index (χ1) is 15.7. The van der Waals surface area contributed by atoms with Crippen LogP contribution in [0.3, 0.4) is 0 Å². The number of nitrogens with zero attached hydrogens (tertiary/aromatic N) is 4. The molecule has 0 radical (unpaired) electrons. The van der Waals surface area contributed by atoms with Gasteiger partial charge < -0.3 is 9.26 Å². The van der Waals surface area contributed by atoms with E-state index in [2.05, 4.69) is 52.3 Å². The molecule has 1 aliphatic heterocycles. The molecule has 1 aliphatic carbocycles. The van der Waals surface area contributed by atoms with Crippen molar-refractivity contribution >= 4 is 0 Å².